The number of carboxylic acid groups (broad SMARTS) is 1. The highest BCUT2D eigenvalue weighted by Gasteiger charge is 2.41. The van der Waals surface area contributed by atoms with Gasteiger partial charge in [0.15, 0.2) is 0 Å². The van der Waals surface area contributed by atoms with Crippen molar-refractivity contribution in [3.8, 4) is 11.4 Å². The van der Waals surface area contributed by atoms with Gasteiger partial charge in [-0.2, -0.15) is 0 Å². The Morgan fingerprint density at radius 3 is 2.56 bits per heavy atom. The van der Waals surface area contributed by atoms with Crippen LogP contribution in [0.2, 0.25) is 0 Å². The molecule has 2 aliphatic rings. The molecule has 2 N–H and O–H groups in total. The summed E-state index contributed by atoms with van der Waals surface area (Å²) in [5.74, 6) is 0.233. The number of rotatable bonds is 8. The molecule has 2 saturated carbocycles. The van der Waals surface area contributed by atoms with Gasteiger partial charge in [0.05, 0.1) is 28.5 Å². The third kappa shape index (κ3) is 5.10. The first-order valence-electron chi connectivity index (χ1n) is 16.0. The molecule has 0 saturated heterocycles. The number of fused-ring (bicyclic) bond motifs is 2. The highest BCUT2D eigenvalue weighted by atomic mass is 16.4. The van der Waals surface area contributed by atoms with Crippen LogP contribution in [0.15, 0.2) is 61.1 Å². The van der Waals surface area contributed by atoms with E-state index in [2.05, 4.69) is 44.5 Å². The van der Waals surface area contributed by atoms with Crippen LogP contribution in [0.1, 0.15) is 91.5 Å². The number of benzene rings is 2. The maximum absolute atomic E-state index is 14.1. The topological polar surface area (TPSA) is 115 Å². The summed E-state index contributed by atoms with van der Waals surface area (Å²) in [6, 6.07) is 11.9. The quantitative estimate of drug-likeness (QED) is 0.186. The highest BCUT2D eigenvalue weighted by Crippen LogP contribution is 2.44. The average molecular weight is 603 g/mol. The third-order valence-corrected chi connectivity index (χ3v) is 9.82. The summed E-state index contributed by atoms with van der Waals surface area (Å²) in [5, 5.41) is 13.7. The molecule has 2 fully saturated rings. The van der Waals surface area contributed by atoms with E-state index in [9.17, 15) is 9.59 Å². The second kappa shape index (κ2) is 11.6. The number of hydrogen-bond acceptors (Lipinski definition) is 5. The van der Waals surface area contributed by atoms with Gasteiger partial charge in [0.1, 0.15) is 11.5 Å². The van der Waals surface area contributed by atoms with Gasteiger partial charge in [-0.05, 0) is 80.0 Å². The molecule has 3 aromatic heterocycles. The van der Waals surface area contributed by atoms with E-state index in [4.69, 9.17) is 10.1 Å². The van der Waals surface area contributed by atoms with E-state index in [0.717, 1.165) is 83.9 Å². The molecule has 0 atom stereocenters. The minimum atomic E-state index is -0.985. The van der Waals surface area contributed by atoms with Crippen LogP contribution in [0, 0.1) is 0 Å². The van der Waals surface area contributed by atoms with Crippen molar-refractivity contribution in [3.05, 3.63) is 83.6 Å². The molecule has 0 radical (unpaired) electrons. The van der Waals surface area contributed by atoms with E-state index in [1.807, 2.05) is 36.5 Å². The monoisotopic (exact) mass is 602 g/mol. The van der Waals surface area contributed by atoms with Crippen LogP contribution in [0.5, 0.6) is 0 Å². The van der Waals surface area contributed by atoms with Crippen molar-refractivity contribution in [2.24, 2.45) is 7.05 Å². The van der Waals surface area contributed by atoms with Gasteiger partial charge in [-0.3, -0.25) is 14.8 Å². The minimum absolute atomic E-state index is 0.108. The first-order valence-corrected chi connectivity index (χ1v) is 16.0. The maximum Gasteiger partial charge on any atom is 0.328 e. The third-order valence-electron chi connectivity index (χ3n) is 9.82. The van der Waals surface area contributed by atoms with Crippen molar-refractivity contribution >= 4 is 39.9 Å². The molecule has 230 valence electrons. The minimum Gasteiger partial charge on any atom is -0.478 e. The van der Waals surface area contributed by atoms with Crippen LogP contribution in [-0.2, 0) is 23.9 Å². The van der Waals surface area contributed by atoms with Crippen LogP contribution < -0.4 is 5.32 Å². The molecule has 0 bridgehead atoms. The first-order chi connectivity index (χ1) is 21.9. The predicted molar refractivity (Wildman–Crippen MR) is 175 cm³/mol. The normalized spacial score (nSPS) is 16.8. The second-order valence-corrected chi connectivity index (χ2v) is 12.5. The van der Waals surface area contributed by atoms with Crippen molar-refractivity contribution < 1.29 is 14.7 Å². The lowest BCUT2D eigenvalue weighted by atomic mass is 9.92. The van der Waals surface area contributed by atoms with Gasteiger partial charge < -0.3 is 19.6 Å². The van der Waals surface area contributed by atoms with Crippen LogP contribution in [0.25, 0.3) is 39.4 Å². The molecule has 7 rings (SSSR count). The zero-order valence-electron chi connectivity index (χ0n) is 25.8. The average Bonchev–Trinajstić information content (AvgIpc) is 3.86. The van der Waals surface area contributed by atoms with Crippen LogP contribution in [0.3, 0.4) is 0 Å². The van der Waals surface area contributed by atoms with Crippen molar-refractivity contribution in [3.63, 3.8) is 0 Å². The molecule has 9 nitrogen and oxygen atoms in total. The maximum atomic E-state index is 14.1. The van der Waals surface area contributed by atoms with Crippen molar-refractivity contribution in [1.29, 1.82) is 0 Å². The number of hydrogen-bond donors (Lipinski definition) is 2. The molecule has 2 aliphatic carbocycles. The molecule has 45 heavy (non-hydrogen) atoms. The number of carbonyl (C=O) groups excluding carboxylic acids is 1. The summed E-state index contributed by atoms with van der Waals surface area (Å²) in [4.78, 5) is 39.3. The lowest BCUT2D eigenvalue weighted by Gasteiger charge is -2.30. The molecule has 9 heteroatoms. The summed E-state index contributed by atoms with van der Waals surface area (Å²) >= 11 is 0. The lowest BCUT2D eigenvalue weighted by molar-refractivity contribution is -0.131. The Kier molecular flexibility index (Phi) is 7.47. The Morgan fingerprint density at radius 1 is 1.04 bits per heavy atom. The number of aromatic nitrogens is 5. The van der Waals surface area contributed by atoms with Gasteiger partial charge in [0, 0.05) is 48.5 Å². The standard InChI is InChI=1S/C36H38N6O3/c1-3-42-30-20-23(11-15-31(43)44)10-14-27(30)39-35(42)36(16-6-7-17-36)40-34(45)25-12-13-26-29(21-25)41(2)33(28-22-37-18-19-38-28)32(26)24-8-4-5-9-24/h10-15,18-22,24H,3-9,16-17H2,1-2H3,(H,40,45)(H,43,44)/b15-11+. The Bertz CT molecular complexity index is 1940. The molecule has 0 unspecified atom stereocenters. The van der Waals surface area contributed by atoms with Gasteiger partial charge in [0.2, 0.25) is 0 Å². The fourth-order valence-electron chi connectivity index (χ4n) is 7.73. The Morgan fingerprint density at radius 2 is 1.84 bits per heavy atom. The number of nitrogens with one attached hydrogen (secondary N) is 1. The number of nitrogens with zero attached hydrogens (tertiary/aromatic N) is 5. The second-order valence-electron chi connectivity index (χ2n) is 12.5. The number of amides is 1. The van der Waals surface area contributed by atoms with Crippen LogP contribution >= 0.6 is 0 Å². The van der Waals surface area contributed by atoms with E-state index in [1.165, 1.54) is 23.8 Å². The van der Waals surface area contributed by atoms with Gasteiger partial charge in [-0.15, -0.1) is 0 Å². The predicted octanol–water partition coefficient (Wildman–Crippen LogP) is 6.96. The number of aliphatic carboxylic acids is 1. The number of carboxylic acids is 1. The van der Waals surface area contributed by atoms with Crippen molar-refractivity contribution in [1.82, 2.24) is 29.4 Å². The molecule has 1 amide bonds. The summed E-state index contributed by atoms with van der Waals surface area (Å²) in [5.41, 5.74) is 6.88. The van der Waals surface area contributed by atoms with Crippen molar-refractivity contribution in [2.75, 3.05) is 0 Å². The smallest absolute Gasteiger partial charge is 0.328 e. The Labute approximate surface area is 262 Å². The zero-order chi connectivity index (χ0) is 31.1. The Balaban J connectivity index is 1.27. The largest absolute Gasteiger partial charge is 0.478 e. The van der Waals surface area contributed by atoms with Gasteiger partial charge in [-0.1, -0.05) is 37.8 Å². The fraction of sp³-hybridized carbons (Fsp3) is 0.361. The van der Waals surface area contributed by atoms with Crippen LogP contribution in [-0.4, -0.2) is 41.1 Å². The molecule has 5 aromatic rings. The van der Waals surface area contributed by atoms with E-state index in [0.29, 0.717) is 18.0 Å². The van der Waals surface area contributed by atoms with Gasteiger partial charge in [0.25, 0.3) is 5.91 Å². The highest BCUT2D eigenvalue weighted by molar-refractivity contribution is 6.01. The molecule has 0 spiro atoms. The molecular formula is C36H38N6O3. The summed E-state index contributed by atoms with van der Waals surface area (Å²) < 4.78 is 4.35. The van der Waals surface area contributed by atoms with Gasteiger partial charge in [-0.25, -0.2) is 9.78 Å². The summed E-state index contributed by atoms with van der Waals surface area (Å²) in [6.45, 7) is 2.76. The fourth-order valence-corrected chi connectivity index (χ4v) is 7.73. The van der Waals surface area contributed by atoms with Crippen molar-refractivity contribution in [2.45, 2.75) is 76.3 Å². The first kappa shape index (κ1) is 29.0. The zero-order valence-corrected chi connectivity index (χ0v) is 25.8. The number of carbonyl (C=O) groups is 2. The molecule has 0 aliphatic heterocycles. The molecule has 3 heterocycles. The van der Waals surface area contributed by atoms with E-state index in [-0.39, 0.29) is 5.91 Å². The van der Waals surface area contributed by atoms with Crippen LogP contribution in [0.4, 0.5) is 0 Å². The Hall–Kier alpha value is -4.79. The summed E-state index contributed by atoms with van der Waals surface area (Å²) in [7, 11) is 2.06. The van der Waals surface area contributed by atoms with E-state index >= 15 is 0 Å². The van der Waals surface area contributed by atoms with E-state index in [1.54, 1.807) is 18.5 Å². The van der Waals surface area contributed by atoms with Gasteiger partial charge >= 0.3 is 5.97 Å². The lowest BCUT2D eigenvalue weighted by Crippen LogP contribution is -2.45. The molecule has 2 aromatic carbocycles. The number of imidazole rings is 1. The van der Waals surface area contributed by atoms with E-state index < -0.39 is 11.5 Å². The molecular weight excluding hydrogens is 564 g/mol. The number of aryl methyl sites for hydroxylation is 2. The summed E-state index contributed by atoms with van der Waals surface area (Å²) in [6.07, 6.45) is 16.4. The SMILES string of the molecule is CCn1c(C2(NC(=O)c3ccc4c(C5CCCC5)c(-c5cnccn5)n(C)c4c3)CCCC2)nc2ccc(/C=C/C(=O)O)cc21.